The Morgan fingerprint density at radius 1 is 1.26 bits per heavy atom. The lowest BCUT2D eigenvalue weighted by Crippen LogP contribution is -2.25. The van der Waals surface area contributed by atoms with Crippen molar-refractivity contribution >= 4 is 0 Å². The molecule has 1 heterocycles. The van der Waals surface area contributed by atoms with Gasteiger partial charge in [0.25, 0.3) is 0 Å². The van der Waals surface area contributed by atoms with E-state index >= 15 is 0 Å². The molecule has 1 saturated heterocycles. The number of aliphatic hydroxyl groups excluding tert-OH is 1. The number of benzene rings is 1. The lowest BCUT2D eigenvalue weighted by molar-refractivity contribution is -0.138. The van der Waals surface area contributed by atoms with Crippen LogP contribution in [0.15, 0.2) is 18.2 Å². The molecule has 0 amide bonds. The third kappa shape index (κ3) is 3.25. The Labute approximate surface area is 108 Å². The van der Waals surface area contributed by atoms with Crippen molar-refractivity contribution in [2.24, 2.45) is 5.92 Å². The van der Waals surface area contributed by atoms with Crippen LogP contribution < -0.4 is 0 Å². The second kappa shape index (κ2) is 5.46. The van der Waals surface area contributed by atoms with Gasteiger partial charge in [-0.3, -0.25) is 0 Å². The fourth-order valence-electron chi connectivity index (χ4n) is 2.34. The maximum Gasteiger partial charge on any atom is 0.416 e. The number of ether oxygens (including phenoxy) is 1. The highest BCUT2D eigenvalue weighted by atomic mass is 19.4. The maximum atomic E-state index is 13.3. The predicted molar refractivity (Wildman–Crippen MR) is 59.9 cm³/mol. The second-order valence-corrected chi connectivity index (χ2v) is 4.65. The van der Waals surface area contributed by atoms with E-state index < -0.39 is 23.7 Å². The van der Waals surface area contributed by atoms with Crippen LogP contribution in [0.1, 0.15) is 30.1 Å². The smallest absolute Gasteiger partial charge is 0.396 e. The molecule has 1 aromatic rings. The summed E-state index contributed by atoms with van der Waals surface area (Å²) in [5.41, 5.74) is -0.903. The van der Waals surface area contributed by atoms with Gasteiger partial charge in [-0.1, -0.05) is 0 Å². The van der Waals surface area contributed by atoms with Gasteiger partial charge in [-0.05, 0) is 36.6 Å². The van der Waals surface area contributed by atoms with Gasteiger partial charge < -0.3 is 9.84 Å². The molecule has 2 rings (SSSR count). The topological polar surface area (TPSA) is 29.5 Å². The van der Waals surface area contributed by atoms with E-state index in [1.54, 1.807) is 0 Å². The van der Waals surface area contributed by atoms with Gasteiger partial charge in [-0.25, -0.2) is 4.39 Å². The SMILES string of the molecule is OCC1CCCOC1c1cc(F)cc(C(F)(F)F)c1. The lowest BCUT2D eigenvalue weighted by Gasteiger charge is -2.31. The van der Waals surface area contributed by atoms with Crippen LogP contribution in [0.25, 0.3) is 0 Å². The van der Waals surface area contributed by atoms with Crippen LogP contribution in [-0.2, 0) is 10.9 Å². The van der Waals surface area contributed by atoms with Crippen molar-refractivity contribution in [3.8, 4) is 0 Å². The second-order valence-electron chi connectivity index (χ2n) is 4.65. The van der Waals surface area contributed by atoms with Gasteiger partial charge in [0.1, 0.15) is 5.82 Å². The van der Waals surface area contributed by atoms with Crippen LogP contribution in [0.5, 0.6) is 0 Å². The molecule has 2 atom stereocenters. The van der Waals surface area contributed by atoms with Gasteiger partial charge in [-0.15, -0.1) is 0 Å². The van der Waals surface area contributed by atoms with Gasteiger partial charge in [0.2, 0.25) is 0 Å². The van der Waals surface area contributed by atoms with E-state index in [2.05, 4.69) is 0 Å². The molecule has 2 nitrogen and oxygen atoms in total. The quantitative estimate of drug-likeness (QED) is 0.841. The fraction of sp³-hybridized carbons (Fsp3) is 0.538. The molecule has 0 radical (unpaired) electrons. The molecule has 1 aliphatic rings. The molecule has 1 fully saturated rings. The third-order valence-electron chi connectivity index (χ3n) is 3.26. The molecule has 0 aromatic heterocycles. The van der Waals surface area contributed by atoms with Crippen molar-refractivity contribution in [2.45, 2.75) is 25.1 Å². The Balaban J connectivity index is 2.35. The minimum Gasteiger partial charge on any atom is -0.396 e. The van der Waals surface area contributed by atoms with Crippen molar-refractivity contribution in [3.63, 3.8) is 0 Å². The lowest BCUT2D eigenvalue weighted by atomic mass is 9.89. The van der Waals surface area contributed by atoms with Crippen molar-refractivity contribution in [1.29, 1.82) is 0 Å². The van der Waals surface area contributed by atoms with Crippen LogP contribution in [0.3, 0.4) is 0 Å². The summed E-state index contributed by atoms with van der Waals surface area (Å²) in [4.78, 5) is 0. The van der Waals surface area contributed by atoms with Crippen LogP contribution >= 0.6 is 0 Å². The van der Waals surface area contributed by atoms with Gasteiger partial charge in [0.05, 0.1) is 11.7 Å². The zero-order chi connectivity index (χ0) is 14.0. The highest BCUT2D eigenvalue weighted by Crippen LogP contribution is 2.37. The number of halogens is 4. The minimum absolute atomic E-state index is 0.131. The maximum absolute atomic E-state index is 13.3. The van der Waals surface area contributed by atoms with Crippen molar-refractivity contribution in [1.82, 2.24) is 0 Å². The molecule has 1 aliphatic heterocycles. The molecule has 6 heteroatoms. The molecular weight excluding hydrogens is 264 g/mol. The molecule has 19 heavy (non-hydrogen) atoms. The summed E-state index contributed by atoms with van der Waals surface area (Å²) < 4.78 is 56.6. The summed E-state index contributed by atoms with van der Waals surface area (Å²) in [5.74, 6) is -1.24. The summed E-state index contributed by atoms with van der Waals surface area (Å²) in [5, 5.41) is 9.23. The largest absolute Gasteiger partial charge is 0.416 e. The van der Waals surface area contributed by atoms with Crippen molar-refractivity contribution < 1.29 is 27.4 Å². The summed E-state index contributed by atoms with van der Waals surface area (Å²) in [6, 6.07) is 2.38. The molecule has 2 unspecified atom stereocenters. The fourth-order valence-corrected chi connectivity index (χ4v) is 2.34. The third-order valence-corrected chi connectivity index (χ3v) is 3.26. The summed E-state index contributed by atoms with van der Waals surface area (Å²) in [6.07, 6.45) is -3.89. The molecule has 0 spiro atoms. The summed E-state index contributed by atoms with van der Waals surface area (Å²) >= 11 is 0. The molecule has 1 aromatic carbocycles. The Morgan fingerprint density at radius 3 is 2.63 bits per heavy atom. The Bertz CT molecular complexity index is 445. The Morgan fingerprint density at radius 2 is 2.00 bits per heavy atom. The zero-order valence-corrected chi connectivity index (χ0v) is 10.1. The van der Waals surface area contributed by atoms with Crippen molar-refractivity contribution in [2.75, 3.05) is 13.2 Å². The van der Waals surface area contributed by atoms with Gasteiger partial charge >= 0.3 is 6.18 Å². The summed E-state index contributed by atoms with van der Waals surface area (Å²) in [7, 11) is 0. The van der Waals surface area contributed by atoms with E-state index in [1.165, 1.54) is 0 Å². The van der Waals surface area contributed by atoms with Crippen LogP contribution in [0, 0.1) is 11.7 Å². The van der Waals surface area contributed by atoms with Crippen molar-refractivity contribution in [3.05, 3.63) is 35.1 Å². The van der Waals surface area contributed by atoms with Gasteiger partial charge in [-0.2, -0.15) is 13.2 Å². The predicted octanol–water partition coefficient (Wildman–Crippen LogP) is 3.30. The van der Waals surface area contributed by atoms with E-state index in [-0.39, 0.29) is 18.1 Å². The minimum atomic E-state index is -4.60. The first-order valence-corrected chi connectivity index (χ1v) is 6.02. The number of hydrogen-bond donors (Lipinski definition) is 1. The highest BCUT2D eigenvalue weighted by Gasteiger charge is 2.34. The van der Waals surface area contributed by atoms with E-state index in [1.807, 2.05) is 0 Å². The Kier molecular flexibility index (Phi) is 4.10. The monoisotopic (exact) mass is 278 g/mol. The van der Waals surface area contributed by atoms with Crippen LogP contribution in [0.4, 0.5) is 17.6 Å². The zero-order valence-electron chi connectivity index (χ0n) is 10.1. The molecular formula is C13H14F4O2. The number of alkyl halides is 3. The first-order chi connectivity index (χ1) is 8.91. The summed E-state index contributed by atoms with van der Waals surface area (Å²) in [6.45, 7) is 0.210. The average molecular weight is 278 g/mol. The van der Waals surface area contributed by atoms with E-state index in [0.717, 1.165) is 18.6 Å². The first-order valence-electron chi connectivity index (χ1n) is 6.02. The van der Waals surface area contributed by atoms with E-state index in [0.29, 0.717) is 19.1 Å². The van der Waals surface area contributed by atoms with Crippen LogP contribution in [-0.4, -0.2) is 18.3 Å². The number of rotatable bonds is 2. The number of hydrogen-bond acceptors (Lipinski definition) is 2. The normalized spacial score (nSPS) is 24.5. The van der Waals surface area contributed by atoms with Gasteiger partial charge in [0, 0.05) is 19.1 Å². The van der Waals surface area contributed by atoms with E-state index in [9.17, 15) is 22.7 Å². The molecule has 0 bridgehead atoms. The standard InChI is InChI=1S/C13H14F4O2/c14-11-5-9(4-10(6-11)13(15,16)17)12-8(7-18)2-1-3-19-12/h4-6,8,12,18H,1-3,7H2. The number of aliphatic hydroxyl groups is 1. The molecule has 1 N–H and O–H groups in total. The molecule has 106 valence electrons. The van der Waals surface area contributed by atoms with E-state index in [4.69, 9.17) is 4.74 Å². The average Bonchev–Trinajstić information content (AvgIpc) is 2.37. The molecule has 0 saturated carbocycles. The van der Waals surface area contributed by atoms with Gasteiger partial charge in [0.15, 0.2) is 0 Å². The highest BCUT2D eigenvalue weighted by molar-refractivity contribution is 5.29. The first kappa shape index (κ1) is 14.3. The van der Waals surface area contributed by atoms with Crippen LogP contribution in [0.2, 0.25) is 0 Å². The molecule has 0 aliphatic carbocycles. The Hall–Kier alpha value is -1.14.